The van der Waals surface area contributed by atoms with Gasteiger partial charge in [0, 0.05) is 5.92 Å². The van der Waals surface area contributed by atoms with Crippen molar-refractivity contribution < 1.29 is 14.4 Å². The number of allylic oxidation sites excluding steroid dienone is 2. The molecule has 3 fully saturated rings. The number of nitrogens with zero attached hydrogens (tertiary/aromatic N) is 1. The van der Waals surface area contributed by atoms with Gasteiger partial charge in [0.25, 0.3) is 0 Å². The minimum Gasteiger partial charge on any atom is -0.318 e. The number of oxime groups is 1. The van der Waals surface area contributed by atoms with Gasteiger partial charge in [-0.25, -0.2) is 4.79 Å². The summed E-state index contributed by atoms with van der Waals surface area (Å²) in [6.07, 6.45) is 11.1. The molecular weight excluding hydrogens is 424 g/mol. The lowest BCUT2D eigenvalue weighted by molar-refractivity contribution is -0.146. The number of Topliss-reactive ketones (excluding diaryl/α,β-unsaturated/α-hetero) is 1. The third-order valence-electron chi connectivity index (χ3n) is 9.71. The van der Waals surface area contributed by atoms with E-state index in [1.54, 1.807) is 6.92 Å². The van der Waals surface area contributed by atoms with Gasteiger partial charge >= 0.3 is 5.97 Å². The van der Waals surface area contributed by atoms with Crippen molar-refractivity contribution >= 4 is 29.9 Å². The van der Waals surface area contributed by atoms with Gasteiger partial charge in [0.2, 0.25) is 0 Å². The maximum atomic E-state index is 12.3. The molecule has 4 aliphatic rings. The molecule has 6 heteroatoms. The second-order valence-corrected chi connectivity index (χ2v) is 11.6. The maximum absolute atomic E-state index is 12.3. The smallest absolute Gasteiger partial charge is 0.318 e. The molecule has 0 aromatic heterocycles. The summed E-state index contributed by atoms with van der Waals surface area (Å²) < 4.78 is 0. The molecule has 3 saturated carbocycles. The summed E-state index contributed by atoms with van der Waals surface area (Å²) in [5, 5.41) is 4.18. The Morgan fingerprint density at radius 3 is 2.47 bits per heavy atom. The van der Waals surface area contributed by atoms with E-state index in [1.807, 2.05) is 13.8 Å². The van der Waals surface area contributed by atoms with E-state index < -0.39 is 12.0 Å². The van der Waals surface area contributed by atoms with Crippen molar-refractivity contribution in [2.24, 2.45) is 51.3 Å². The van der Waals surface area contributed by atoms with Crippen LogP contribution in [0.15, 0.2) is 16.8 Å². The predicted molar refractivity (Wildman–Crippen MR) is 129 cm³/mol. The summed E-state index contributed by atoms with van der Waals surface area (Å²) in [6.45, 7) is 10.5. The van der Waals surface area contributed by atoms with E-state index in [-0.39, 0.29) is 35.1 Å². The topological polar surface area (TPSA) is 81.8 Å². The van der Waals surface area contributed by atoms with Gasteiger partial charge in [-0.05, 0) is 98.9 Å². The van der Waals surface area contributed by atoms with E-state index in [2.05, 4.69) is 25.1 Å². The van der Waals surface area contributed by atoms with Crippen LogP contribution in [0.3, 0.4) is 0 Å². The molecule has 32 heavy (non-hydrogen) atoms. The van der Waals surface area contributed by atoms with Crippen LogP contribution in [0.5, 0.6) is 0 Å². The largest absolute Gasteiger partial charge is 0.351 e. The van der Waals surface area contributed by atoms with Crippen LogP contribution in [0, 0.1) is 40.4 Å². The molecule has 0 unspecified atom stereocenters. The highest BCUT2D eigenvalue weighted by Gasteiger charge is 2.59. The molecule has 0 bridgehead atoms. The second-order valence-electron chi connectivity index (χ2n) is 11.6. The number of hydrogen-bond acceptors (Lipinski definition) is 5. The maximum Gasteiger partial charge on any atom is 0.351 e. The highest BCUT2D eigenvalue weighted by atomic mass is 35.5. The summed E-state index contributed by atoms with van der Waals surface area (Å²) in [4.78, 5) is 29.6. The Labute approximate surface area is 199 Å². The molecule has 180 valence electrons. The van der Waals surface area contributed by atoms with Crippen molar-refractivity contribution in [2.75, 3.05) is 0 Å². The van der Waals surface area contributed by atoms with Crippen molar-refractivity contribution in [2.45, 2.75) is 92.0 Å². The number of halogens is 1. The normalized spacial score (nSPS) is 40.5. The molecule has 4 rings (SSSR count). The zero-order chi connectivity index (χ0) is 22.6. The molecule has 0 heterocycles. The lowest BCUT2D eigenvalue weighted by atomic mass is 9.46. The van der Waals surface area contributed by atoms with Gasteiger partial charge in [0.05, 0.1) is 5.71 Å². The molecular formula is C26H41ClN2O3. The first-order valence-electron chi connectivity index (χ1n) is 12.3. The zero-order valence-electron chi connectivity index (χ0n) is 20.4. The Balaban J connectivity index is 0.00000289. The Morgan fingerprint density at radius 1 is 1.09 bits per heavy atom. The average molecular weight is 465 g/mol. The molecule has 2 N–H and O–H groups in total. The SMILES string of the molecule is CC(=O)[C@H]1CC[C@H]2[C@@H]3CCC4=C/C(=N/OC(=O)[C@@H](N)C(C)C)CC[C@]4(C)[C@H]3CC[C@]12C.Cl. The van der Waals surface area contributed by atoms with Crippen LogP contribution in [0.25, 0.3) is 0 Å². The highest BCUT2D eigenvalue weighted by molar-refractivity contribution is 5.96. The minimum absolute atomic E-state index is 0. The molecule has 0 aliphatic heterocycles. The van der Waals surface area contributed by atoms with Gasteiger partial charge in [-0.1, -0.05) is 38.4 Å². The number of carbonyl (C=O) groups is 2. The Morgan fingerprint density at radius 2 is 1.81 bits per heavy atom. The van der Waals surface area contributed by atoms with Crippen LogP contribution in [0.2, 0.25) is 0 Å². The number of ketones is 1. The fraction of sp³-hybridized carbons (Fsp3) is 0.808. The van der Waals surface area contributed by atoms with Crippen LogP contribution in [-0.4, -0.2) is 23.5 Å². The Kier molecular flexibility index (Phi) is 7.32. The number of fused-ring (bicyclic) bond motifs is 5. The number of rotatable bonds is 4. The Bertz CT molecular complexity index is 822. The highest BCUT2D eigenvalue weighted by Crippen LogP contribution is 2.66. The fourth-order valence-electron chi connectivity index (χ4n) is 7.75. The van der Waals surface area contributed by atoms with E-state index in [4.69, 9.17) is 10.6 Å². The van der Waals surface area contributed by atoms with Crippen molar-refractivity contribution in [3.63, 3.8) is 0 Å². The standard InChI is InChI=1S/C26H40N2O3.ClH/c1-15(2)23(27)24(30)31-28-18-10-12-25(4)17(14-18)6-7-19-21-9-8-20(16(3)29)26(21,5)13-11-22(19)25;/h14-15,19-23H,6-13,27H2,1-5H3;1H/b28-18+;/t19-,20+,21-,22-,23-,25-,26+;/m0./s1. The fourth-order valence-corrected chi connectivity index (χ4v) is 7.75. The molecule has 0 radical (unpaired) electrons. The average Bonchev–Trinajstić information content (AvgIpc) is 3.08. The first-order chi connectivity index (χ1) is 14.6. The first kappa shape index (κ1) is 25.4. The lowest BCUT2D eigenvalue weighted by Gasteiger charge is -2.58. The first-order valence-corrected chi connectivity index (χ1v) is 12.3. The van der Waals surface area contributed by atoms with Gasteiger partial charge in [-0.15, -0.1) is 12.4 Å². The van der Waals surface area contributed by atoms with Crippen molar-refractivity contribution in [1.29, 1.82) is 0 Å². The summed E-state index contributed by atoms with van der Waals surface area (Å²) in [5.41, 5.74) is 8.63. The molecule has 0 spiro atoms. The van der Waals surface area contributed by atoms with E-state index >= 15 is 0 Å². The summed E-state index contributed by atoms with van der Waals surface area (Å²) in [6, 6.07) is -0.636. The van der Waals surface area contributed by atoms with E-state index in [0.29, 0.717) is 17.6 Å². The summed E-state index contributed by atoms with van der Waals surface area (Å²) >= 11 is 0. The Hall–Kier alpha value is -1.20. The monoisotopic (exact) mass is 464 g/mol. The third kappa shape index (κ3) is 4.09. The van der Waals surface area contributed by atoms with Crippen molar-refractivity contribution in [3.8, 4) is 0 Å². The molecule has 7 atom stereocenters. The quantitative estimate of drug-likeness (QED) is 0.442. The molecule has 4 aliphatic carbocycles. The van der Waals surface area contributed by atoms with Crippen molar-refractivity contribution in [3.05, 3.63) is 11.6 Å². The number of hydrogen-bond donors (Lipinski definition) is 1. The number of carbonyl (C=O) groups excluding carboxylic acids is 2. The summed E-state index contributed by atoms with van der Waals surface area (Å²) in [5.74, 6) is 2.35. The van der Waals surface area contributed by atoms with E-state index in [1.165, 1.54) is 31.3 Å². The third-order valence-corrected chi connectivity index (χ3v) is 9.71. The van der Waals surface area contributed by atoms with Crippen LogP contribution >= 0.6 is 12.4 Å². The van der Waals surface area contributed by atoms with Gasteiger partial charge in [0.1, 0.15) is 11.8 Å². The van der Waals surface area contributed by atoms with Gasteiger partial charge < -0.3 is 10.6 Å². The number of nitrogens with two attached hydrogens (primary N) is 1. The van der Waals surface area contributed by atoms with E-state index in [0.717, 1.165) is 37.3 Å². The van der Waals surface area contributed by atoms with Crippen LogP contribution in [0.1, 0.15) is 86.0 Å². The van der Waals surface area contributed by atoms with Crippen LogP contribution in [0.4, 0.5) is 0 Å². The van der Waals surface area contributed by atoms with E-state index in [9.17, 15) is 9.59 Å². The molecule has 0 aromatic rings. The summed E-state index contributed by atoms with van der Waals surface area (Å²) in [7, 11) is 0. The molecule has 5 nitrogen and oxygen atoms in total. The lowest BCUT2D eigenvalue weighted by Crippen LogP contribution is -2.51. The van der Waals surface area contributed by atoms with Crippen LogP contribution < -0.4 is 5.73 Å². The predicted octanol–water partition coefficient (Wildman–Crippen LogP) is 5.46. The van der Waals surface area contributed by atoms with Gasteiger partial charge in [0.15, 0.2) is 0 Å². The zero-order valence-corrected chi connectivity index (χ0v) is 21.2. The van der Waals surface area contributed by atoms with Gasteiger partial charge in [-0.3, -0.25) is 4.79 Å². The van der Waals surface area contributed by atoms with Gasteiger partial charge in [-0.2, -0.15) is 0 Å². The van der Waals surface area contributed by atoms with Crippen LogP contribution in [-0.2, 0) is 14.4 Å². The molecule has 0 saturated heterocycles. The molecule has 0 amide bonds. The second kappa shape index (κ2) is 9.21. The minimum atomic E-state index is -0.636. The molecule has 0 aromatic carbocycles. The van der Waals surface area contributed by atoms with Crippen molar-refractivity contribution in [1.82, 2.24) is 0 Å².